The van der Waals surface area contributed by atoms with Crippen molar-refractivity contribution < 1.29 is 26.7 Å². The lowest BCUT2D eigenvalue weighted by Gasteiger charge is -2.33. The number of hydrogen-bond acceptors (Lipinski definition) is 6. The molecule has 0 atom stereocenters. The molecule has 0 spiro atoms. The largest absolute Gasteiger partial charge is 0.492 e. The fraction of sp³-hybridized carbons (Fsp3) is 0.226. The van der Waals surface area contributed by atoms with Crippen molar-refractivity contribution in [2.24, 2.45) is 0 Å². The van der Waals surface area contributed by atoms with Crippen molar-refractivity contribution in [1.82, 2.24) is 14.2 Å². The number of para-hydroxylation sites is 1. The average molecular weight is 576 g/mol. The Balaban J connectivity index is 1.28. The van der Waals surface area contributed by atoms with Crippen molar-refractivity contribution in [1.29, 1.82) is 0 Å². The molecule has 210 valence electrons. The van der Waals surface area contributed by atoms with Gasteiger partial charge in [-0.15, -0.1) is 0 Å². The number of rotatable bonds is 7. The second-order valence-electron chi connectivity index (χ2n) is 10.2. The predicted octanol–water partition coefficient (Wildman–Crippen LogP) is 4.62. The molecule has 1 saturated heterocycles. The predicted molar refractivity (Wildman–Crippen MR) is 153 cm³/mol. The third-order valence-electron chi connectivity index (χ3n) is 7.49. The van der Waals surface area contributed by atoms with Gasteiger partial charge in [0.25, 0.3) is 0 Å². The van der Waals surface area contributed by atoms with Crippen molar-refractivity contribution in [3.63, 3.8) is 0 Å². The van der Waals surface area contributed by atoms with E-state index in [1.807, 2.05) is 30.3 Å². The number of halogens is 2. The minimum atomic E-state index is -3.20. The minimum Gasteiger partial charge on any atom is -0.492 e. The van der Waals surface area contributed by atoms with E-state index in [9.17, 15) is 22.0 Å². The first-order valence-electron chi connectivity index (χ1n) is 13.2. The van der Waals surface area contributed by atoms with Gasteiger partial charge in [0.15, 0.2) is 5.78 Å². The summed E-state index contributed by atoms with van der Waals surface area (Å²) in [6, 6.07) is 17.8. The summed E-state index contributed by atoms with van der Waals surface area (Å²) >= 11 is 0. The number of carbonyl (C=O) groups excluding carboxylic acids is 1. The summed E-state index contributed by atoms with van der Waals surface area (Å²) in [6.45, 7) is 3.05. The van der Waals surface area contributed by atoms with Crippen LogP contribution in [0.3, 0.4) is 0 Å². The number of benzene rings is 3. The molecule has 0 N–H and O–H groups in total. The van der Waals surface area contributed by atoms with Crippen molar-refractivity contribution >= 4 is 37.9 Å². The zero-order valence-corrected chi connectivity index (χ0v) is 23.1. The number of hydrogen-bond donors (Lipinski definition) is 0. The second-order valence-corrected chi connectivity index (χ2v) is 12.2. The highest BCUT2D eigenvalue weighted by atomic mass is 32.2. The van der Waals surface area contributed by atoms with Gasteiger partial charge in [0.05, 0.1) is 11.8 Å². The van der Waals surface area contributed by atoms with Gasteiger partial charge >= 0.3 is 0 Å². The van der Waals surface area contributed by atoms with E-state index in [1.54, 1.807) is 24.4 Å². The number of fused-ring (bicyclic) bond motifs is 2. The number of carbonyl (C=O) groups is 1. The van der Waals surface area contributed by atoms with Crippen LogP contribution in [-0.4, -0.2) is 74.0 Å². The van der Waals surface area contributed by atoms with Gasteiger partial charge in [-0.1, -0.05) is 18.2 Å². The Morgan fingerprint density at radius 2 is 1.59 bits per heavy atom. The Bertz CT molecular complexity index is 1800. The Hall–Kier alpha value is -3.99. The highest BCUT2D eigenvalue weighted by Gasteiger charge is 2.33. The van der Waals surface area contributed by atoms with E-state index in [0.29, 0.717) is 72.9 Å². The molecule has 1 aromatic heterocycles. The number of piperazine rings is 1. The molecule has 0 radical (unpaired) electrons. The van der Waals surface area contributed by atoms with Gasteiger partial charge in [-0.2, -0.15) is 4.31 Å². The Morgan fingerprint density at radius 3 is 2.32 bits per heavy atom. The Morgan fingerprint density at radius 1 is 0.854 bits per heavy atom. The van der Waals surface area contributed by atoms with Crippen molar-refractivity contribution in [2.75, 3.05) is 45.6 Å². The smallest absolute Gasteiger partial charge is 0.211 e. The van der Waals surface area contributed by atoms with Crippen LogP contribution in [0.4, 0.5) is 8.78 Å². The highest BCUT2D eigenvalue weighted by Crippen LogP contribution is 2.44. The molecule has 1 fully saturated rings. The van der Waals surface area contributed by atoms with E-state index >= 15 is 0 Å². The van der Waals surface area contributed by atoms with Crippen LogP contribution in [0.15, 0.2) is 72.9 Å². The van der Waals surface area contributed by atoms with Gasteiger partial charge in [0, 0.05) is 72.6 Å². The van der Waals surface area contributed by atoms with Crippen LogP contribution in [0.5, 0.6) is 5.75 Å². The molecule has 1 aliphatic carbocycles. The fourth-order valence-electron chi connectivity index (χ4n) is 5.46. The SMILES string of the molecule is CS(=O)(=O)N1CCN(CCOc2ccc3c(c2)C(=O)C(c2cnc4ccccc4c2)=C3c2cc(F)cc(F)c2)CC1. The second kappa shape index (κ2) is 10.8. The Labute approximate surface area is 236 Å². The molecule has 3 aromatic carbocycles. The molecule has 2 aliphatic rings. The number of sulfonamides is 1. The molecule has 0 bridgehead atoms. The third kappa shape index (κ3) is 5.50. The summed E-state index contributed by atoms with van der Waals surface area (Å²) in [7, 11) is -3.20. The molecule has 0 unspecified atom stereocenters. The van der Waals surface area contributed by atoms with Crippen LogP contribution >= 0.6 is 0 Å². The average Bonchev–Trinajstić information content (AvgIpc) is 3.23. The molecule has 41 heavy (non-hydrogen) atoms. The number of ether oxygens (including phenoxy) is 1. The normalized spacial score (nSPS) is 16.4. The monoisotopic (exact) mass is 575 g/mol. The van der Waals surface area contributed by atoms with E-state index in [4.69, 9.17) is 4.74 Å². The first kappa shape index (κ1) is 27.2. The number of nitrogens with zero attached hydrogens (tertiary/aromatic N) is 3. The van der Waals surface area contributed by atoms with E-state index in [1.165, 1.54) is 22.7 Å². The van der Waals surface area contributed by atoms with Crippen LogP contribution in [0, 0.1) is 11.6 Å². The first-order valence-corrected chi connectivity index (χ1v) is 15.1. The lowest BCUT2D eigenvalue weighted by molar-refractivity contribution is 0.105. The maximum atomic E-state index is 14.3. The van der Waals surface area contributed by atoms with E-state index in [-0.39, 0.29) is 11.3 Å². The van der Waals surface area contributed by atoms with E-state index in [2.05, 4.69) is 9.88 Å². The fourth-order valence-corrected chi connectivity index (χ4v) is 6.29. The van der Waals surface area contributed by atoms with Crippen LogP contribution < -0.4 is 4.74 Å². The lowest BCUT2D eigenvalue weighted by Crippen LogP contribution is -2.49. The molecule has 4 aromatic rings. The number of Topliss-reactive ketones (excluding diaryl/α,β-unsaturated/α-hetero) is 1. The van der Waals surface area contributed by atoms with Gasteiger partial charge in [0.2, 0.25) is 10.0 Å². The maximum Gasteiger partial charge on any atom is 0.211 e. The molecule has 0 saturated carbocycles. The van der Waals surface area contributed by atoms with Crippen molar-refractivity contribution in [3.8, 4) is 5.75 Å². The molecular formula is C31H27F2N3O4S. The number of aromatic nitrogens is 1. The molecule has 7 nitrogen and oxygen atoms in total. The summed E-state index contributed by atoms with van der Waals surface area (Å²) in [5.41, 5.74) is 3.30. The zero-order chi connectivity index (χ0) is 28.7. The molecular weight excluding hydrogens is 548 g/mol. The summed E-state index contributed by atoms with van der Waals surface area (Å²) in [6.07, 6.45) is 2.83. The summed E-state index contributed by atoms with van der Waals surface area (Å²) in [5, 5.41) is 0.840. The van der Waals surface area contributed by atoms with Crippen LogP contribution in [0.25, 0.3) is 22.0 Å². The third-order valence-corrected chi connectivity index (χ3v) is 8.79. The van der Waals surface area contributed by atoms with Gasteiger partial charge in [-0.25, -0.2) is 17.2 Å². The standard InChI is InChI=1S/C31H27F2N3O4S/c1-41(38,39)36-10-8-35(9-11-36)12-13-40-25-6-7-26-27(18-25)31(37)30(29(26)21-15-23(32)17-24(33)16-21)22-14-20-4-2-3-5-28(20)34-19-22/h2-7,14-19H,8-13H2,1H3. The lowest BCUT2D eigenvalue weighted by atomic mass is 9.94. The number of allylic oxidation sites excluding steroid dienone is 1. The summed E-state index contributed by atoms with van der Waals surface area (Å²) in [5.74, 6) is -1.25. The molecule has 10 heteroatoms. The van der Waals surface area contributed by atoms with Crippen LogP contribution in [0.2, 0.25) is 0 Å². The number of ketones is 1. The van der Waals surface area contributed by atoms with E-state index in [0.717, 1.165) is 17.0 Å². The van der Waals surface area contributed by atoms with Crippen LogP contribution in [-0.2, 0) is 10.0 Å². The molecule has 0 amide bonds. The van der Waals surface area contributed by atoms with Crippen LogP contribution in [0.1, 0.15) is 27.0 Å². The quantitative estimate of drug-likeness (QED) is 0.320. The minimum absolute atomic E-state index is 0.264. The van der Waals surface area contributed by atoms with E-state index < -0.39 is 21.7 Å². The topological polar surface area (TPSA) is 79.8 Å². The van der Waals surface area contributed by atoms with Crippen molar-refractivity contribution in [2.45, 2.75) is 0 Å². The van der Waals surface area contributed by atoms with Gasteiger partial charge in [-0.05, 0) is 53.6 Å². The molecule has 2 heterocycles. The molecule has 6 rings (SSSR count). The zero-order valence-electron chi connectivity index (χ0n) is 22.3. The van der Waals surface area contributed by atoms with Gasteiger partial charge < -0.3 is 4.74 Å². The van der Waals surface area contributed by atoms with Gasteiger partial charge in [-0.3, -0.25) is 14.7 Å². The Kier molecular flexibility index (Phi) is 7.14. The maximum absolute atomic E-state index is 14.3. The summed E-state index contributed by atoms with van der Waals surface area (Å²) < 4.78 is 59.6. The summed E-state index contributed by atoms with van der Waals surface area (Å²) in [4.78, 5) is 20.5. The van der Waals surface area contributed by atoms with Gasteiger partial charge in [0.1, 0.15) is 24.0 Å². The molecule has 1 aliphatic heterocycles. The highest BCUT2D eigenvalue weighted by molar-refractivity contribution is 7.88. The first-order chi connectivity index (χ1) is 19.7. The van der Waals surface area contributed by atoms with Crippen molar-refractivity contribution in [3.05, 3.63) is 107 Å². The number of pyridine rings is 1.